The Labute approximate surface area is 111 Å². The molecule has 6 heteroatoms. The Morgan fingerprint density at radius 1 is 1.53 bits per heavy atom. The molecule has 1 saturated heterocycles. The van der Waals surface area contributed by atoms with E-state index < -0.39 is 0 Å². The lowest BCUT2D eigenvalue weighted by molar-refractivity contribution is 0.156. The van der Waals surface area contributed by atoms with Crippen molar-refractivity contribution in [3.05, 3.63) is 30.7 Å². The molecule has 0 aromatic carbocycles. The zero-order chi connectivity index (χ0) is 13.4. The molecule has 4 N–H and O–H groups in total. The zero-order valence-corrected chi connectivity index (χ0v) is 10.6. The van der Waals surface area contributed by atoms with Crippen LogP contribution in [0.2, 0.25) is 0 Å². The molecule has 1 aliphatic heterocycles. The fourth-order valence-corrected chi connectivity index (χ4v) is 2.63. The fraction of sp³-hybridized carbons (Fsp3) is 0.385. The topological polar surface area (TPSA) is 91.1 Å². The van der Waals surface area contributed by atoms with Crippen molar-refractivity contribution in [3.8, 4) is 0 Å². The van der Waals surface area contributed by atoms with Gasteiger partial charge in [-0.15, -0.1) is 6.58 Å². The van der Waals surface area contributed by atoms with Crippen molar-refractivity contribution in [2.75, 3.05) is 18.8 Å². The Kier molecular flexibility index (Phi) is 2.96. The molecular formula is C13H17N5O. The molecule has 0 aliphatic carbocycles. The number of hydrogen-bond acceptors (Lipinski definition) is 5. The number of nitrogens with zero attached hydrogens (tertiary/aromatic N) is 3. The van der Waals surface area contributed by atoms with Crippen molar-refractivity contribution < 1.29 is 5.11 Å². The van der Waals surface area contributed by atoms with E-state index in [0.717, 1.165) is 29.7 Å². The summed E-state index contributed by atoms with van der Waals surface area (Å²) in [5, 5.41) is 9.88. The molecule has 1 aliphatic rings. The molecule has 1 fully saturated rings. The zero-order valence-electron chi connectivity index (χ0n) is 10.6. The minimum Gasteiger partial charge on any atom is -0.391 e. The van der Waals surface area contributed by atoms with Gasteiger partial charge in [-0.3, -0.25) is 4.90 Å². The Morgan fingerprint density at radius 3 is 3.11 bits per heavy atom. The van der Waals surface area contributed by atoms with E-state index in [1.165, 1.54) is 6.33 Å². The predicted octanol–water partition coefficient (Wildman–Crippen LogP) is 0.519. The van der Waals surface area contributed by atoms with Crippen LogP contribution in [-0.2, 0) is 6.54 Å². The van der Waals surface area contributed by atoms with Gasteiger partial charge in [0.1, 0.15) is 11.8 Å². The van der Waals surface area contributed by atoms with Gasteiger partial charge >= 0.3 is 0 Å². The maximum Gasteiger partial charge on any atom is 0.151 e. The summed E-state index contributed by atoms with van der Waals surface area (Å²) in [6, 6.07) is 0. The van der Waals surface area contributed by atoms with Gasteiger partial charge in [-0.05, 0) is 0 Å². The van der Waals surface area contributed by atoms with Crippen LogP contribution < -0.4 is 5.73 Å². The molecule has 0 bridgehead atoms. The summed E-state index contributed by atoms with van der Waals surface area (Å²) in [5.41, 5.74) is 8.49. The van der Waals surface area contributed by atoms with Crippen LogP contribution in [-0.4, -0.2) is 44.2 Å². The highest BCUT2D eigenvalue weighted by atomic mass is 16.3. The molecule has 0 saturated carbocycles. The van der Waals surface area contributed by atoms with Crippen LogP contribution in [0.3, 0.4) is 0 Å². The van der Waals surface area contributed by atoms with Crippen LogP contribution in [0, 0.1) is 5.92 Å². The number of H-pyrrole nitrogens is 1. The van der Waals surface area contributed by atoms with Crippen LogP contribution in [0.25, 0.3) is 11.0 Å². The smallest absolute Gasteiger partial charge is 0.151 e. The van der Waals surface area contributed by atoms with Crippen LogP contribution in [0.5, 0.6) is 0 Å². The SMILES string of the molecule is C=CC1CN(Cc2c[nH]c3c(N)ncnc23)C[C@@H]1O. The lowest BCUT2D eigenvalue weighted by Gasteiger charge is -2.13. The number of rotatable bonds is 3. The van der Waals surface area contributed by atoms with E-state index in [4.69, 9.17) is 5.73 Å². The molecule has 3 rings (SSSR count). The Balaban J connectivity index is 1.83. The number of aromatic amines is 1. The van der Waals surface area contributed by atoms with Crippen molar-refractivity contribution in [3.63, 3.8) is 0 Å². The summed E-state index contributed by atoms with van der Waals surface area (Å²) in [4.78, 5) is 13.5. The molecule has 0 amide bonds. The van der Waals surface area contributed by atoms with E-state index in [-0.39, 0.29) is 12.0 Å². The minimum atomic E-state index is -0.331. The fourth-order valence-electron chi connectivity index (χ4n) is 2.63. The predicted molar refractivity (Wildman–Crippen MR) is 73.3 cm³/mol. The number of fused-ring (bicyclic) bond motifs is 1. The molecule has 2 atom stereocenters. The Hall–Kier alpha value is -1.92. The summed E-state index contributed by atoms with van der Waals surface area (Å²) >= 11 is 0. The molecule has 3 heterocycles. The first-order valence-corrected chi connectivity index (χ1v) is 6.28. The summed E-state index contributed by atoms with van der Waals surface area (Å²) < 4.78 is 0. The maximum absolute atomic E-state index is 9.88. The van der Waals surface area contributed by atoms with Crippen molar-refractivity contribution in [1.29, 1.82) is 0 Å². The van der Waals surface area contributed by atoms with Gasteiger partial charge in [0.2, 0.25) is 0 Å². The largest absolute Gasteiger partial charge is 0.391 e. The van der Waals surface area contributed by atoms with Gasteiger partial charge in [0.25, 0.3) is 0 Å². The highest BCUT2D eigenvalue weighted by molar-refractivity contribution is 5.86. The lowest BCUT2D eigenvalue weighted by Crippen LogP contribution is -2.21. The molecule has 2 aromatic rings. The first kappa shape index (κ1) is 12.1. The summed E-state index contributed by atoms with van der Waals surface area (Å²) in [5.74, 6) is 0.603. The lowest BCUT2D eigenvalue weighted by atomic mass is 10.1. The third-order valence-electron chi connectivity index (χ3n) is 3.68. The normalized spacial score (nSPS) is 24.1. The van der Waals surface area contributed by atoms with Crippen LogP contribution in [0.15, 0.2) is 25.2 Å². The molecule has 1 unspecified atom stereocenters. The number of likely N-dealkylation sites (tertiary alicyclic amines) is 1. The number of hydrogen-bond donors (Lipinski definition) is 3. The number of nitrogen functional groups attached to an aromatic ring is 1. The third-order valence-corrected chi connectivity index (χ3v) is 3.68. The average molecular weight is 259 g/mol. The number of aromatic nitrogens is 3. The van der Waals surface area contributed by atoms with E-state index >= 15 is 0 Å². The van der Waals surface area contributed by atoms with Gasteiger partial charge in [0, 0.05) is 37.3 Å². The molecule has 2 aromatic heterocycles. The molecule has 0 spiro atoms. The monoisotopic (exact) mass is 259 g/mol. The van der Waals surface area contributed by atoms with E-state index in [2.05, 4.69) is 26.4 Å². The first-order chi connectivity index (χ1) is 9.19. The highest BCUT2D eigenvalue weighted by Gasteiger charge is 2.29. The van der Waals surface area contributed by atoms with E-state index in [1.807, 2.05) is 12.3 Å². The first-order valence-electron chi connectivity index (χ1n) is 6.28. The van der Waals surface area contributed by atoms with Gasteiger partial charge in [0.05, 0.1) is 11.6 Å². The van der Waals surface area contributed by atoms with Gasteiger partial charge < -0.3 is 15.8 Å². The summed E-state index contributed by atoms with van der Waals surface area (Å²) in [7, 11) is 0. The number of nitrogens with one attached hydrogen (secondary N) is 1. The van der Waals surface area contributed by atoms with E-state index in [0.29, 0.717) is 12.4 Å². The number of aliphatic hydroxyl groups excluding tert-OH is 1. The Morgan fingerprint density at radius 2 is 2.37 bits per heavy atom. The number of β-amino-alcohol motifs (C(OH)–C–C–N with tert-alkyl or cyclic N) is 1. The maximum atomic E-state index is 9.88. The van der Waals surface area contributed by atoms with Gasteiger partial charge in [-0.1, -0.05) is 6.08 Å². The van der Waals surface area contributed by atoms with Gasteiger partial charge in [-0.25, -0.2) is 9.97 Å². The Bertz CT molecular complexity index is 608. The number of aliphatic hydroxyl groups is 1. The highest BCUT2D eigenvalue weighted by Crippen LogP contribution is 2.24. The second kappa shape index (κ2) is 4.64. The molecule has 0 radical (unpaired) electrons. The molecule has 6 nitrogen and oxygen atoms in total. The second-order valence-corrected chi connectivity index (χ2v) is 4.96. The average Bonchev–Trinajstić information content (AvgIpc) is 2.95. The number of nitrogens with two attached hydrogens (primary N) is 1. The number of anilines is 1. The molecule has 100 valence electrons. The van der Waals surface area contributed by atoms with Crippen molar-refractivity contribution in [2.24, 2.45) is 5.92 Å². The van der Waals surface area contributed by atoms with Crippen LogP contribution >= 0.6 is 0 Å². The van der Waals surface area contributed by atoms with Crippen molar-refractivity contribution >= 4 is 16.9 Å². The van der Waals surface area contributed by atoms with Gasteiger partial charge in [-0.2, -0.15) is 0 Å². The van der Waals surface area contributed by atoms with E-state index in [1.54, 1.807) is 0 Å². The molecular weight excluding hydrogens is 242 g/mol. The minimum absolute atomic E-state index is 0.143. The summed E-state index contributed by atoms with van der Waals surface area (Å²) in [6.07, 6.45) is 4.87. The second-order valence-electron chi connectivity index (χ2n) is 4.96. The standard InChI is InChI=1S/C13H17N5O/c1-2-8-4-18(6-10(8)19)5-9-3-15-12-11(9)16-7-17-13(12)14/h2-3,7-8,10,15,19H,1,4-6H2,(H2,14,16,17)/t8?,10-/m0/s1. The van der Waals surface area contributed by atoms with Crippen LogP contribution in [0.1, 0.15) is 5.56 Å². The van der Waals surface area contributed by atoms with Gasteiger partial charge in [0.15, 0.2) is 5.82 Å². The third kappa shape index (κ3) is 2.09. The van der Waals surface area contributed by atoms with Crippen molar-refractivity contribution in [2.45, 2.75) is 12.6 Å². The summed E-state index contributed by atoms with van der Waals surface area (Å²) in [6.45, 7) is 5.96. The van der Waals surface area contributed by atoms with Crippen molar-refractivity contribution in [1.82, 2.24) is 19.9 Å². The quantitative estimate of drug-likeness (QED) is 0.699. The molecule has 19 heavy (non-hydrogen) atoms. The van der Waals surface area contributed by atoms with Crippen LogP contribution in [0.4, 0.5) is 5.82 Å². The van der Waals surface area contributed by atoms with E-state index in [9.17, 15) is 5.11 Å².